The highest BCUT2D eigenvalue weighted by Crippen LogP contribution is 2.31. The zero-order valence-corrected chi connectivity index (χ0v) is 10.6. The van der Waals surface area contributed by atoms with Gasteiger partial charge in [-0.25, -0.2) is 14.2 Å². The van der Waals surface area contributed by atoms with Crippen LogP contribution in [0, 0.1) is 11.6 Å². The highest BCUT2D eigenvalue weighted by atomic mass is 19.4. The molecule has 0 aliphatic carbocycles. The van der Waals surface area contributed by atoms with Gasteiger partial charge in [0.25, 0.3) is 0 Å². The standard InChI is InChI=1S/C14H11F5N2/c15-12-6-9(14(17,18)19)7-13(16)11(12)8-20-21-10-4-2-1-3-5-10/h1-7,20-21H,8H2. The second-order valence-corrected chi connectivity index (χ2v) is 4.26. The lowest BCUT2D eigenvalue weighted by molar-refractivity contribution is -0.138. The van der Waals surface area contributed by atoms with Crippen LogP contribution in [-0.2, 0) is 12.7 Å². The summed E-state index contributed by atoms with van der Waals surface area (Å²) in [5.41, 5.74) is 4.08. The van der Waals surface area contributed by atoms with E-state index in [4.69, 9.17) is 0 Å². The summed E-state index contributed by atoms with van der Waals surface area (Å²) in [5, 5.41) is 0. The Morgan fingerprint density at radius 3 is 2.00 bits per heavy atom. The average molecular weight is 302 g/mol. The summed E-state index contributed by atoms with van der Waals surface area (Å²) in [6, 6.07) is 9.29. The van der Waals surface area contributed by atoms with E-state index < -0.39 is 28.9 Å². The Morgan fingerprint density at radius 2 is 1.48 bits per heavy atom. The van der Waals surface area contributed by atoms with E-state index in [9.17, 15) is 22.0 Å². The number of halogens is 5. The normalized spacial score (nSPS) is 11.5. The van der Waals surface area contributed by atoms with Crippen molar-refractivity contribution in [3.05, 3.63) is 65.2 Å². The van der Waals surface area contributed by atoms with Crippen LogP contribution in [0.4, 0.5) is 27.6 Å². The van der Waals surface area contributed by atoms with Gasteiger partial charge in [0.15, 0.2) is 0 Å². The number of hydrogen-bond donors (Lipinski definition) is 2. The van der Waals surface area contributed by atoms with Gasteiger partial charge < -0.3 is 5.43 Å². The van der Waals surface area contributed by atoms with Gasteiger partial charge in [-0.1, -0.05) is 18.2 Å². The van der Waals surface area contributed by atoms with Crippen molar-refractivity contribution in [2.45, 2.75) is 12.7 Å². The zero-order valence-electron chi connectivity index (χ0n) is 10.6. The van der Waals surface area contributed by atoms with E-state index in [0.717, 1.165) is 0 Å². The van der Waals surface area contributed by atoms with E-state index in [2.05, 4.69) is 10.9 Å². The van der Waals surface area contributed by atoms with Gasteiger partial charge in [-0.05, 0) is 24.3 Å². The van der Waals surface area contributed by atoms with Crippen molar-refractivity contribution in [3.8, 4) is 0 Å². The Labute approximate surface area is 117 Å². The third-order valence-corrected chi connectivity index (χ3v) is 2.74. The summed E-state index contributed by atoms with van der Waals surface area (Å²) in [4.78, 5) is 0. The van der Waals surface area contributed by atoms with E-state index in [1.807, 2.05) is 0 Å². The number of rotatable bonds is 4. The molecule has 21 heavy (non-hydrogen) atoms. The lowest BCUT2D eigenvalue weighted by atomic mass is 10.1. The minimum atomic E-state index is -4.78. The van der Waals surface area contributed by atoms with Gasteiger partial charge in [0.05, 0.1) is 5.56 Å². The highest BCUT2D eigenvalue weighted by Gasteiger charge is 2.32. The van der Waals surface area contributed by atoms with Crippen LogP contribution in [0.25, 0.3) is 0 Å². The number of hydrogen-bond acceptors (Lipinski definition) is 2. The Balaban J connectivity index is 2.07. The Bertz CT molecular complexity index is 588. The molecule has 0 atom stereocenters. The molecule has 0 spiro atoms. The predicted octanol–water partition coefficient (Wildman–Crippen LogP) is 4.10. The van der Waals surface area contributed by atoms with Crippen molar-refractivity contribution < 1.29 is 22.0 Å². The van der Waals surface area contributed by atoms with Crippen LogP contribution in [0.5, 0.6) is 0 Å². The zero-order chi connectivity index (χ0) is 15.5. The largest absolute Gasteiger partial charge is 0.416 e. The molecule has 2 aromatic rings. The van der Waals surface area contributed by atoms with E-state index in [1.165, 1.54) is 0 Å². The van der Waals surface area contributed by atoms with Crippen LogP contribution in [0.15, 0.2) is 42.5 Å². The minimum absolute atomic E-state index is 0.280. The second kappa shape index (κ2) is 6.09. The number of para-hydroxylation sites is 1. The molecule has 2 rings (SSSR count). The van der Waals surface area contributed by atoms with E-state index in [1.54, 1.807) is 30.3 Å². The third kappa shape index (κ3) is 3.91. The van der Waals surface area contributed by atoms with Crippen LogP contribution < -0.4 is 10.9 Å². The molecular weight excluding hydrogens is 291 g/mol. The number of alkyl halides is 3. The van der Waals surface area contributed by atoms with Gasteiger partial charge in [0.2, 0.25) is 0 Å². The summed E-state index contributed by atoms with van der Waals surface area (Å²) in [5.74, 6) is -2.49. The molecule has 0 aliphatic rings. The minimum Gasteiger partial charge on any atom is -0.321 e. The number of anilines is 1. The molecule has 0 fully saturated rings. The van der Waals surface area contributed by atoms with Crippen molar-refractivity contribution in [1.29, 1.82) is 0 Å². The molecule has 0 saturated heterocycles. The summed E-state index contributed by atoms with van der Waals surface area (Å²) in [6.07, 6.45) is -4.78. The van der Waals surface area contributed by atoms with Crippen molar-refractivity contribution in [3.63, 3.8) is 0 Å². The van der Waals surface area contributed by atoms with Crippen molar-refractivity contribution in [2.75, 3.05) is 5.43 Å². The van der Waals surface area contributed by atoms with Crippen molar-refractivity contribution in [2.24, 2.45) is 0 Å². The van der Waals surface area contributed by atoms with Crippen LogP contribution in [0.3, 0.4) is 0 Å². The topological polar surface area (TPSA) is 24.1 Å². The number of hydrazine groups is 1. The van der Waals surface area contributed by atoms with Gasteiger partial charge in [0, 0.05) is 17.8 Å². The number of nitrogens with one attached hydrogen (secondary N) is 2. The fraction of sp³-hybridized carbons (Fsp3) is 0.143. The van der Waals surface area contributed by atoms with Gasteiger partial charge in [0.1, 0.15) is 11.6 Å². The molecule has 2 aromatic carbocycles. The van der Waals surface area contributed by atoms with Crippen LogP contribution in [-0.4, -0.2) is 0 Å². The fourth-order valence-electron chi connectivity index (χ4n) is 1.69. The molecule has 0 amide bonds. The SMILES string of the molecule is Fc1cc(C(F)(F)F)cc(F)c1CNNc1ccccc1. The average Bonchev–Trinajstić information content (AvgIpc) is 2.42. The second-order valence-electron chi connectivity index (χ2n) is 4.26. The maximum Gasteiger partial charge on any atom is 0.416 e. The molecule has 0 aliphatic heterocycles. The van der Waals surface area contributed by atoms with Gasteiger partial charge in [-0.15, -0.1) is 0 Å². The lowest BCUT2D eigenvalue weighted by Gasteiger charge is -2.12. The molecule has 0 saturated carbocycles. The van der Waals surface area contributed by atoms with E-state index in [-0.39, 0.29) is 18.7 Å². The first-order chi connectivity index (χ1) is 9.88. The molecular formula is C14H11F5N2. The molecule has 0 heterocycles. The van der Waals surface area contributed by atoms with Gasteiger partial charge >= 0.3 is 6.18 Å². The van der Waals surface area contributed by atoms with E-state index in [0.29, 0.717) is 5.69 Å². The summed E-state index contributed by atoms with van der Waals surface area (Å²) in [6.45, 7) is -0.301. The fourth-order valence-corrected chi connectivity index (χ4v) is 1.69. The lowest BCUT2D eigenvalue weighted by Crippen LogP contribution is -2.22. The molecule has 2 nitrogen and oxygen atoms in total. The van der Waals surface area contributed by atoms with Crippen LogP contribution in [0.2, 0.25) is 0 Å². The number of benzene rings is 2. The smallest absolute Gasteiger partial charge is 0.321 e. The quantitative estimate of drug-likeness (QED) is 0.656. The van der Waals surface area contributed by atoms with Crippen molar-refractivity contribution in [1.82, 2.24) is 5.43 Å². The van der Waals surface area contributed by atoms with Gasteiger partial charge in [-0.2, -0.15) is 13.2 Å². The Hall–Kier alpha value is -2.15. The first kappa shape index (κ1) is 15.2. The first-order valence-electron chi connectivity index (χ1n) is 5.97. The van der Waals surface area contributed by atoms with Crippen LogP contribution >= 0.6 is 0 Å². The third-order valence-electron chi connectivity index (χ3n) is 2.74. The summed E-state index contributed by atoms with van der Waals surface area (Å²) < 4.78 is 64.3. The van der Waals surface area contributed by atoms with Gasteiger partial charge in [-0.3, -0.25) is 0 Å². The molecule has 7 heteroatoms. The molecule has 0 bridgehead atoms. The first-order valence-corrected chi connectivity index (χ1v) is 5.97. The molecule has 0 aromatic heterocycles. The monoisotopic (exact) mass is 302 g/mol. The molecule has 0 unspecified atom stereocenters. The summed E-state index contributed by atoms with van der Waals surface area (Å²) in [7, 11) is 0. The Kier molecular flexibility index (Phi) is 4.42. The molecule has 2 N–H and O–H groups in total. The maximum absolute atomic E-state index is 13.6. The predicted molar refractivity (Wildman–Crippen MR) is 68.3 cm³/mol. The summed E-state index contributed by atoms with van der Waals surface area (Å²) >= 11 is 0. The van der Waals surface area contributed by atoms with Crippen molar-refractivity contribution >= 4 is 5.69 Å². The maximum atomic E-state index is 13.6. The molecule has 112 valence electrons. The van der Waals surface area contributed by atoms with E-state index >= 15 is 0 Å². The highest BCUT2D eigenvalue weighted by molar-refractivity contribution is 5.41. The van der Waals surface area contributed by atoms with Crippen LogP contribution in [0.1, 0.15) is 11.1 Å². The molecule has 0 radical (unpaired) electrons. The Morgan fingerprint density at radius 1 is 0.905 bits per heavy atom.